The van der Waals surface area contributed by atoms with Crippen molar-refractivity contribution in [2.24, 2.45) is 9.98 Å². The second-order valence-corrected chi connectivity index (χ2v) is 23.6. The van der Waals surface area contributed by atoms with Crippen LogP contribution in [0.15, 0.2) is 203 Å². The van der Waals surface area contributed by atoms with E-state index in [-0.39, 0.29) is 123 Å². The quantitative estimate of drug-likeness (QED) is 0.0424. The molecule has 426 valence electrons. The number of benzene rings is 6. The SMILES string of the molecule is N#CC(C#N)=C1/C(=N/c2cc3c(s2)-c2sc4c(c2C3(C(=O)OCc2ccccc2)C(=O)OCc2ccccc2)C(C(=O)OCc2ccccc2)(C(=O)OCc2ccccc2)c2cc(/N=C3/C(=O)c5ccccc5C3=C(C#N)C#N)sc2-4)C(=O)c2ccccc21. The van der Waals surface area contributed by atoms with Crippen molar-refractivity contribution in [2.45, 2.75) is 37.3 Å². The first kappa shape index (κ1) is 56.5. The number of carbonyl (C=O) groups is 6. The lowest BCUT2D eigenvalue weighted by atomic mass is 9.70. The number of esters is 4. The zero-order chi connectivity index (χ0) is 61.6. The summed E-state index contributed by atoms with van der Waals surface area (Å²) in [5.74, 6) is -5.94. The number of rotatable bonds is 14. The molecule has 0 fully saturated rings. The van der Waals surface area contributed by atoms with E-state index >= 15 is 19.2 Å². The van der Waals surface area contributed by atoms with Crippen LogP contribution in [0.5, 0.6) is 0 Å². The number of hydrogen-bond acceptors (Lipinski definition) is 19. The molecule has 4 aliphatic carbocycles. The Balaban J connectivity index is 1.10. The summed E-state index contributed by atoms with van der Waals surface area (Å²) < 4.78 is 25.3. The lowest BCUT2D eigenvalue weighted by Gasteiger charge is -2.32. The predicted octanol–water partition coefficient (Wildman–Crippen LogP) is 12.9. The Morgan fingerprint density at radius 3 is 0.955 bits per heavy atom. The Morgan fingerprint density at radius 2 is 0.663 bits per heavy atom. The summed E-state index contributed by atoms with van der Waals surface area (Å²) >= 11 is 2.91. The van der Waals surface area contributed by atoms with Crippen LogP contribution in [-0.4, -0.2) is 46.9 Å². The predicted molar refractivity (Wildman–Crippen MR) is 329 cm³/mol. The van der Waals surface area contributed by atoms with Gasteiger partial charge in [-0.25, -0.2) is 9.98 Å². The first-order valence-electron chi connectivity index (χ1n) is 27.3. The van der Waals surface area contributed by atoms with Crippen molar-refractivity contribution >= 4 is 102 Å². The summed E-state index contributed by atoms with van der Waals surface area (Å²) in [7, 11) is 0. The Hall–Kier alpha value is -11.6. The minimum absolute atomic E-state index is 0.0181. The van der Waals surface area contributed by atoms with Crippen LogP contribution >= 0.6 is 34.0 Å². The van der Waals surface area contributed by atoms with Gasteiger partial charge in [-0.1, -0.05) is 170 Å². The van der Waals surface area contributed by atoms with E-state index < -0.39 is 46.3 Å². The Bertz CT molecular complexity index is 4410. The van der Waals surface area contributed by atoms with Gasteiger partial charge in [0, 0.05) is 44.5 Å². The number of nitriles is 4. The van der Waals surface area contributed by atoms with Crippen molar-refractivity contribution in [3.05, 3.63) is 260 Å². The average Bonchev–Trinajstić information content (AvgIpc) is 1.51. The summed E-state index contributed by atoms with van der Waals surface area (Å²) in [6.45, 7) is -1.52. The molecular weight excluding hydrogens is 1180 g/mol. The molecule has 3 aromatic heterocycles. The third-order valence-corrected chi connectivity index (χ3v) is 19.1. The molecule has 4 aliphatic rings. The fraction of sp³-hybridized carbons (Fsp3) is 0.0857. The van der Waals surface area contributed by atoms with E-state index in [0.717, 1.165) is 34.0 Å². The molecule has 0 radical (unpaired) electrons. The van der Waals surface area contributed by atoms with Gasteiger partial charge in [0.15, 0.2) is 0 Å². The summed E-state index contributed by atoms with van der Waals surface area (Å²) in [5, 5.41) is 41.1. The molecule has 9 aromatic rings. The van der Waals surface area contributed by atoms with Gasteiger partial charge in [0.1, 0.15) is 83.3 Å². The molecule has 0 aliphatic heterocycles. The van der Waals surface area contributed by atoms with E-state index in [1.807, 2.05) is 24.3 Å². The summed E-state index contributed by atoms with van der Waals surface area (Å²) in [6.07, 6.45) is 0. The van der Waals surface area contributed by atoms with Crippen LogP contribution in [0, 0.1) is 45.3 Å². The van der Waals surface area contributed by atoms with Crippen molar-refractivity contribution in [2.75, 3.05) is 0 Å². The van der Waals surface area contributed by atoms with Gasteiger partial charge >= 0.3 is 23.9 Å². The van der Waals surface area contributed by atoms with E-state index in [0.29, 0.717) is 33.4 Å². The van der Waals surface area contributed by atoms with Crippen molar-refractivity contribution < 1.29 is 47.7 Å². The van der Waals surface area contributed by atoms with Crippen molar-refractivity contribution in [3.8, 4) is 43.8 Å². The van der Waals surface area contributed by atoms with E-state index in [1.165, 1.54) is 12.1 Å². The fourth-order valence-electron chi connectivity index (χ4n) is 11.6. The number of thiophene rings is 3. The topological polar surface area (TPSA) is 259 Å². The summed E-state index contributed by atoms with van der Waals surface area (Å²) in [4.78, 5) is 104. The Kier molecular flexibility index (Phi) is 14.6. The second-order valence-electron chi connectivity index (χ2n) is 20.5. The molecule has 0 amide bonds. The Morgan fingerprint density at radius 1 is 0.382 bits per heavy atom. The highest BCUT2D eigenvalue weighted by Gasteiger charge is 2.69. The third-order valence-electron chi connectivity index (χ3n) is 15.6. The molecular formula is C70H38N6O10S3. The van der Waals surface area contributed by atoms with E-state index in [2.05, 4.69) is 0 Å². The fourth-order valence-corrected chi connectivity index (χ4v) is 15.5. The number of nitrogens with zero attached hydrogens (tertiary/aromatic N) is 6. The molecule has 13 rings (SSSR count). The molecule has 0 saturated heterocycles. The van der Waals surface area contributed by atoms with Gasteiger partial charge in [-0.05, 0) is 45.5 Å². The standard InChI is InChI=1S/C70H38N6O10S3/c71-31-43(32-72)53-45-25-13-15-27-47(45)59(77)57(53)75-51-29-49-61(87-51)63-55(69(49,65(79)83-35-39-17-5-1-6-18-39)66(80)84-36-40-19-7-2-8-20-40)56-64(89-63)62-50(30-52(88-62)76-58-54(44(33-73)34-74)46-26-14-16-28-48(46)60(58)78)70(56,67(81)85-37-41-21-9-3-10-22-41)68(82)86-38-42-23-11-4-12-24-42/h1-30H,35-38H2/b75-57-,76-58+. The monoisotopic (exact) mass is 1220 g/mol. The number of allylic oxidation sites excluding steroid dienone is 4. The summed E-state index contributed by atoms with van der Waals surface area (Å²) in [6, 6.07) is 58.0. The highest BCUT2D eigenvalue weighted by molar-refractivity contribution is 7.29. The van der Waals surface area contributed by atoms with Crippen LogP contribution in [0.4, 0.5) is 10.0 Å². The van der Waals surface area contributed by atoms with Crippen molar-refractivity contribution in [1.29, 1.82) is 21.0 Å². The first-order chi connectivity index (χ1) is 43.4. The minimum atomic E-state index is -2.74. The molecule has 89 heavy (non-hydrogen) atoms. The number of ketones is 2. The van der Waals surface area contributed by atoms with Gasteiger partial charge in [0.25, 0.3) is 0 Å². The lowest BCUT2D eigenvalue weighted by Crippen LogP contribution is -2.50. The largest absolute Gasteiger partial charge is 0.459 e. The number of fused-ring (bicyclic) bond motifs is 9. The maximum absolute atomic E-state index is 16.3. The van der Waals surface area contributed by atoms with Crippen LogP contribution in [0.1, 0.15) is 76.4 Å². The lowest BCUT2D eigenvalue weighted by molar-refractivity contribution is -0.167. The minimum Gasteiger partial charge on any atom is -0.459 e. The molecule has 16 nitrogen and oxygen atoms in total. The van der Waals surface area contributed by atoms with Crippen LogP contribution in [0.25, 0.3) is 30.7 Å². The molecule has 19 heteroatoms. The maximum Gasteiger partial charge on any atom is 0.333 e. The van der Waals surface area contributed by atoms with Crippen LogP contribution < -0.4 is 0 Å². The second kappa shape index (κ2) is 23.0. The molecule has 0 N–H and O–H groups in total. The Labute approximate surface area is 518 Å². The maximum atomic E-state index is 16.3. The van der Waals surface area contributed by atoms with Gasteiger partial charge < -0.3 is 18.9 Å². The zero-order valence-corrected chi connectivity index (χ0v) is 48.6. The molecule has 0 atom stereocenters. The number of hydrogen-bond donors (Lipinski definition) is 0. The molecule has 0 bridgehead atoms. The molecule has 3 heterocycles. The number of aliphatic imine (C=N–C) groups is 2. The van der Waals surface area contributed by atoms with E-state index in [4.69, 9.17) is 28.9 Å². The number of ether oxygens (including phenoxy) is 4. The van der Waals surface area contributed by atoms with Gasteiger partial charge in [-0.3, -0.25) is 28.8 Å². The molecule has 0 saturated carbocycles. The van der Waals surface area contributed by atoms with Gasteiger partial charge in [-0.2, -0.15) is 21.0 Å². The highest BCUT2D eigenvalue weighted by Crippen LogP contribution is 2.68. The van der Waals surface area contributed by atoms with E-state index in [1.54, 1.807) is 170 Å². The van der Waals surface area contributed by atoms with Crippen LogP contribution in [0.3, 0.4) is 0 Å². The molecule has 6 aromatic carbocycles. The molecule has 0 unspecified atom stereocenters. The first-order valence-corrected chi connectivity index (χ1v) is 29.8. The summed E-state index contributed by atoms with van der Waals surface area (Å²) in [5.41, 5.74) is -4.14. The van der Waals surface area contributed by atoms with Gasteiger partial charge in [0.05, 0.1) is 19.5 Å². The van der Waals surface area contributed by atoms with Crippen LogP contribution in [-0.2, 0) is 75.4 Å². The smallest absolute Gasteiger partial charge is 0.333 e. The van der Waals surface area contributed by atoms with Crippen molar-refractivity contribution in [1.82, 2.24) is 0 Å². The van der Waals surface area contributed by atoms with E-state index in [9.17, 15) is 30.6 Å². The van der Waals surface area contributed by atoms with Crippen molar-refractivity contribution in [3.63, 3.8) is 0 Å². The molecule has 0 spiro atoms. The van der Waals surface area contributed by atoms with Gasteiger partial charge in [0.2, 0.25) is 22.4 Å². The van der Waals surface area contributed by atoms with Gasteiger partial charge in [-0.15, -0.1) is 34.0 Å². The number of carbonyl (C=O) groups excluding carboxylic acids is 6. The number of Topliss-reactive ketones (excluding diaryl/α,β-unsaturated/α-hetero) is 2. The third kappa shape index (κ3) is 9.21. The zero-order valence-electron chi connectivity index (χ0n) is 46.1. The normalized spacial score (nSPS) is 14.8. The average molecular weight is 1220 g/mol. The van der Waals surface area contributed by atoms with Crippen LogP contribution in [0.2, 0.25) is 0 Å². The highest BCUT2D eigenvalue weighted by atomic mass is 32.1.